The van der Waals surface area contributed by atoms with Gasteiger partial charge in [0.2, 0.25) is 11.8 Å². The quantitative estimate of drug-likeness (QED) is 0.890. The van der Waals surface area contributed by atoms with Crippen molar-refractivity contribution in [2.24, 2.45) is 5.92 Å². The lowest BCUT2D eigenvalue weighted by atomic mass is 9.99. The van der Waals surface area contributed by atoms with Crippen molar-refractivity contribution < 1.29 is 9.59 Å². The molecule has 0 spiro atoms. The highest BCUT2D eigenvalue weighted by Gasteiger charge is 2.23. The lowest BCUT2D eigenvalue weighted by Gasteiger charge is -2.34. The summed E-state index contributed by atoms with van der Waals surface area (Å²) in [5.74, 6) is 0.542. The Morgan fingerprint density at radius 1 is 1.28 bits per heavy atom. The van der Waals surface area contributed by atoms with Crippen molar-refractivity contribution >= 4 is 34.8 Å². The van der Waals surface area contributed by atoms with Gasteiger partial charge in [-0.3, -0.25) is 9.59 Å². The molecule has 2 fully saturated rings. The molecule has 3 rings (SSSR count). The molecule has 136 valence electrons. The van der Waals surface area contributed by atoms with E-state index in [0.29, 0.717) is 23.9 Å². The summed E-state index contributed by atoms with van der Waals surface area (Å²) in [4.78, 5) is 28.3. The van der Waals surface area contributed by atoms with E-state index in [1.807, 2.05) is 12.1 Å². The molecule has 0 radical (unpaired) electrons. The number of anilines is 2. The summed E-state index contributed by atoms with van der Waals surface area (Å²) in [7, 11) is 0. The number of benzene rings is 1. The zero-order valence-corrected chi connectivity index (χ0v) is 15.5. The first-order valence-electron chi connectivity index (χ1n) is 9.15. The summed E-state index contributed by atoms with van der Waals surface area (Å²) in [6.45, 7) is 5.00. The lowest BCUT2D eigenvalue weighted by molar-refractivity contribution is -0.136. The van der Waals surface area contributed by atoms with Crippen LogP contribution < -0.4 is 10.2 Å². The Labute approximate surface area is 154 Å². The van der Waals surface area contributed by atoms with E-state index in [-0.39, 0.29) is 18.4 Å². The van der Waals surface area contributed by atoms with E-state index in [1.165, 1.54) is 6.42 Å². The van der Waals surface area contributed by atoms with Crippen LogP contribution in [-0.2, 0) is 9.59 Å². The smallest absolute Gasteiger partial charge is 0.244 e. The van der Waals surface area contributed by atoms with Crippen LogP contribution in [0.2, 0.25) is 5.02 Å². The average Bonchev–Trinajstić information content (AvgIpc) is 2.57. The normalized spacial score (nSPS) is 21.4. The van der Waals surface area contributed by atoms with Crippen LogP contribution in [0.15, 0.2) is 18.2 Å². The molecule has 6 heteroatoms. The molecule has 0 bridgehead atoms. The Morgan fingerprint density at radius 2 is 2.12 bits per heavy atom. The molecule has 1 N–H and O–H groups in total. The van der Waals surface area contributed by atoms with Crippen LogP contribution in [0.4, 0.5) is 11.4 Å². The van der Waals surface area contributed by atoms with Gasteiger partial charge in [0.1, 0.15) is 0 Å². The number of halogens is 1. The number of hydrogen-bond acceptors (Lipinski definition) is 3. The van der Waals surface area contributed by atoms with Crippen molar-refractivity contribution in [1.82, 2.24) is 4.90 Å². The van der Waals surface area contributed by atoms with Crippen molar-refractivity contribution in [3.05, 3.63) is 23.2 Å². The van der Waals surface area contributed by atoms with Crippen LogP contribution in [0.1, 0.15) is 39.0 Å². The van der Waals surface area contributed by atoms with Gasteiger partial charge >= 0.3 is 0 Å². The fraction of sp³-hybridized carbons (Fsp3) is 0.579. The van der Waals surface area contributed by atoms with Gasteiger partial charge in [-0.05, 0) is 49.8 Å². The molecule has 0 aliphatic carbocycles. The van der Waals surface area contributed by atoms with Gasteiger partial charge in [-0.15, -0.1) is 0 Å². The van der Waals surface area contributed by atoms with Crippen LogP contribution in [0.25, 0.3) is 0 Å². The number of nitrogens with one attached hydrogen (secondary N) is 1. The molecule has 2 heterocycles. The Balaban J connectivity index is 1.71. The molecule has 2 amide bonds. The highest BCUT2D eigenvalue weighted by molar-refractivity contribution is 6.31. The third-order valence-corrected chi connectivity index (χ3v) is 5.22. The van der Waals surface area contributed by atoms with E-state index in [9.17, 15) is 9.59 Å². The number of nitrogens with zero attached hydrogens (tertiary/aromatic N) is 2. The molecule has 2 aliphatic rings. The van der Waals surface area contributed by atoms with Gasteiger partial charge in [0, 0.05) is 31.1 Å². The SMILES string of the molecule is CC1CCCN(c2ccc(Cl)cc2NC(=O)CN2CCCCC2=O)C1. The first-order chi connectivity index (χ1) is 12.0. The largest absolute Gasteiger partial charge is 0.370 e. The van der Waals surface area contributed by atoms with Crippen LogP contribution in [0, 0.1) is 5.92 Å². The van der Waals surface area contributed by atoms with Crippen molar-refractivity contribution in [1.29, 1.82) is 0 Å². The summed E-state index contributed by atoms with van der Waals surface area (Å²) >= 11 is 6.15. The van der Waals surface area contributed by atoms with Gasteiger partial charge in [-0.1, -0.05) is 18.5 Å². The predicted molar refractivity (Wildman–Crippen MR) is 101 cm³/mol. The Hall–Kier alpha value is -1.75. The third kappa shape index (κ3) is 4.66. The third-order valence-electron chi connectivity index (χ3n) is 4.99. The summed E-state index contributed by atoms with van der Waals surface area (Å²) < 4.78 is 0. The van der Waals surface area contributed by atoms with Crippen LogP contribution >= 0.6 is 11.6 Å². The Bertz CT molecular complexity index is 650. The molecule has 1 atom stereocenters. The van der Waals surface area contributed by atoms with E-state index >= 15 is 0 Å². The van der Waals surface area contributed by atoms with Gasteiger partial charge in [-0.2, -0.15) is 0 Å². The van der Waals surface area contributed by atoms with Crippen LogP contribution in [0.3, 0.4) is 0 Å². The number of amides is 2. The second kappa shape index (κ2) is 8.09. The number of piperidine rings is 2. The van der Waals surface area contributed by atoms with Gasteiger partial charge in [0.05, 0.1) is 17.9 Å². The maximum Gasteiger partial charge on any atom is 0.244 e. The molecule has 25 heavy (non-hydrogen) atoms. The van der Waals surface area contributed by atoms with Crippen molar-refractivity contribution in [3.8, 4) is 0 Å². The molecular weight excluding hydrogens is 338 g/mol. The first-order valence-corrected chi connectivity index (χ1v) is 9.53. The topological polar surface area (TPSA) is 52.7 Å². The maximum absolute atomic E-state index is 12.5. The van der Waals surface area contributed by atoms with Gasteiger partial charge < -0.3 is 15.1 Å². The van der Waals surface area contributed by atoms with Gasteiger partial charge in [0.25, 0.3) is 0 Å². The predicted octanol–water partition coefficient (Wildman–Crippen LogP) is 3.53. The molecule has 1 unspecified atom stereocenters. The zero-order chi connectivity index (χ0) is 17.8. The fourth-order valence-electron chi connectivity index (χ4n) is 3.68. The van der Waals surface area contributed by atoms with E-state index in [0.717, 1.165) is 43.7 Å². The van der Waals surface area contributed by atoms with Crippen LogP contribution in [0.5, 0.6) is 0 Å². The Morgan fingerprint density at radius 3 is 2.88 bits per heavy atom. The minimum Gasteiger partial charge on any atom is -0.370 e. The first kappa shape index (κ1) is 18.1. The zero-order valence-electron chi connectivity index (χ0n) is 14.8. The summed E-state index contributed by atoms with van der Waals surface area (Å²) in [6, 6.07) is 5.63. The second-order valence-electron chi connectivity index (χ2n) is 7.18. The minimum atomic E-state index is -0.163. The molecule has 5 nitrogen and oxygen atoms in total. The van der Waals surface area contributed by atoms with Crippen molar-refractivity contribution in [2.45, 2.75) is 39.0 Å². The number of rotatable bonds is 4. The Kier molecular flexibility index (Phi) is 5.84. The molecular formula is C19H26ClN3O2. The molecule has 0 aromatic heterocycles. The number of carbonyl (C=O) groups excluding carboxylic acids is 2. The number of hydrogen-bond donors (Lipinski definition) is 1. The summed E-state index contributed by atoms with van der Waals surface area (Å²) in [5, 5.41) is 3.57. The number of likely N-dealkylation sites (tertiary alicyclic amines) is 1. The van der Waals surface area contributed by atoms with Crippen LogP contribution in [-0.4, -0.2) is 42.9 Å². The standard InChI is InChI=1S/C19H26ClN3O2/c1-14-5-4-10-22(12-14)17-8-7-15(20)11-16(17)21-18(24)13-23-9-3-2-6-19(23)25/h7-8,11,14H,2-6,9-10,12-13H2,1H3,(H,21,24). The lowest BCUT2D eigenvalue weighted by Crippen LogP contribution is -2.41. The van der Waals surface area contributed by atoms with Crippen molar-refractivity contribution in [2.75, 3.05) is 36.4 Å². The molecule has 2 aliphatic heterocycles. The summed E-state index contributed by atoms with van der Waals surface area (Å²) in [6.07, 6.45) is 4.82. The summed E-state index contributed by atoms with van der Waals surface area (Å²) in [5.41, 5.74) is 1.74. The van der Waals surface area contributed by atoms with Crippen molar-refractivity contribution in [3.63, 3.8) is 0 Å². The maximum atomic E-state index is 12.5. The monoisotopic (exact) mass is 363 g/mol. The highest BCUT2D eigenvalue weighted by Crippen LogP contribution is 2.32. The fourth-order valence-corrected chi connectivity index (χ4v) is 3.86. The highest BCUT2D eigenvalue weighted by atomic mass is 35.5. The number of carbonyl (C=O) groups is 2. The van der Waals surface area contributed by atoms with Gasteiger partial charge in [0.15, 0.2) is 0 Å². The van der Waals surface area contributed by atoms with E-state index in [4.69, 9.17) is 11.6 Å². The van der Waals surface area contributed by atoms with E-state index < -0.39 is 0 Å². The molecule has 2 saturated heterocycles. The minimum absolute atomic E-state index is 0.0672. The molecule has 0 saturated carbocycles. The second-order valence-corrected chi connectivity index (χ2v) is 7.61. The van der Waals surface area contributed by atoms with E-state index in [1.54, 1.807) is 11.0 Å². The molecule has 1 aromatic rings. The van der Waals surface area contributed by atoms with E-state index in [2.05, 4.69) is 17.1 Å². The average molecular weight is 364 g/mol. The molecule has 1 aromatic carbocycles. The van der Waals surface area contributed by atoms with Gasteiger partial charge in [-0.25, -0.2) is 0 Å².